The number of aryl methyl sites for hydroxylation is 2. The molecule has 4 N–H and O–H groups in total. The third-order valence-corrected chi connectivity index (χ3v) is 7.13. The van der Waals surface area contributed by atoms with Crippen LogP contribution in [0.2, 0.25) is 5.02 Å². The first-order chi connectivity index (χ1) is 13.5. The first-order valence-corrected chi connectivity index (χ1v) is 12.7. The molecular formula is C21H29ClNO4PS. The number of thiophene rings is 1. The molecule has 0 radical (unpaired) electrons. The molecule has 0 spiro atoms. The van der Waals surface area contributed by atoms with Crippen molar-refractivity contribution < 1.29 is 19.1 Å². The average Bonchev–Trinajstić information content (AvgIpc) is 3.12. The molecule has 1 aromatic carbocycles. The number of hydrogen-bond donors (Lipinski definition) is 3. The monoisotopic (exact) mass is 457 g/mol. The van der Waals surface area contributed by atoms with Gasteiger partial charge in [-0.1, -0.05) is 23.7 Å². The second-order valence-corrected chi connectivity index (χ2v) is 11.2. The molecule has 0 amide bonds. The molecular weight excluding hydrogens is 429 g/mol. The van der Waals surface area contributed by atoms with Gasteiger partial charge in [0.25, 0.3) is 0 Å². The van der Waals surface area contributed by atoms with Crippen LogP contribution in [0.5, 0.6) is 0 Å². The number of halogens is 1. The second-order valence-electron chi connectivity index (χ2n) is 7.82. The lowest BCUT2D eigenvalue weighted by Crippen LogP contribution is -2.37. The molecule has 1 heterocycles. The maximum Gasteiger partial charge on any atom is 0.325 e. The van der Waals surface area contributed by atoms with Crippen LogP contribution >= 0.6 is 30.5 Å². The zero-order chi connectivity index (χ0) is 21.5. The van der Waals surface area contributed by atoms with Crippen LogP contribution in [-0.4, -0.2) is 27.3 Å². The normalized spacial score (nSPS) is 14.0. The maximum atomic E-state index is 12.4. The molecule has 0 aliphatic rings. The summed E-state index contributed by atoms with van der Waals surface area (Å²) in [4.78, 5) is 32.3. The van der Waals surface area contributed by atoms with Crippen LogP contribution in [0.25, 0.3) is 0 Å². The predicted molar refractivity (Wildman–Crippen MR) is 120 cm³/mol. The highest BCUT2D eigenvalue weighted by Gasteiger charge is 2.24. The number of ketones is 1. The third kappa shape index (κ3) is 9.56. The SMILES string of the molecule is CC(N)(CCc1ccc(C(=O)CCCCc2ccc(Cl)cc2)s1)CCP(=O)(O)O. The van der Waals surface area contributed by atoms with E-state index in [1.165, 1.54) is 16.9 Å². The highest BCUT2D eigenvalue weighted by atomic mass is 35.5. The summed E-state index contributed by atoms with van der Waals surface area (Å²) in [5, 5.41) is 0.731. The van der Waals surface area contributed by atoms with Gasteiger partial charge < -0.3 is 15.5 Å². The number of unbranched alkanes of at least 4 members (excludes halogenated alkanes) is 1. The van der Waals surface area contributed by atoms with Gasteiger partial charge in [0.15, 0.2) is 5.78 Å². The van der Waals surface area contributed by atoms with Crippen LogP contribution in [0.3, 0.4) is 0 Å². The molecule has 2 aromatic rings. The van der Waals surface area contributed by atoms with E-state index in [0.29, 0.717) is 19.3 Å². The molecule has 5 nitrogen and oxygen atoms in total. The quantitative estimate of drug-likeness (QED) is 0.230. The molecule has 0 saturated heterocycles. The van der Waals surface area contributed by atoms with Crippen molar-refractivity contribution in [3.8, 4) is 0 Å². The Morgan fingerprint density at radius 2 is 1.79 bits per heavy atom. The molecule has 0 fully saturated rings. The summed E-state index contributed by atoms with van der Waals surface area (Å²) in [7, 11) is -4.03. The summed E-state index contributed by atoms with van der Waals surface area (Å²) in [5.41, 5.74) is 6.75. The van der Waals surface area contributed by atoms with E-state index < -0.39 is 13.1 Å². The van der Waals surface area contributed by atoms with Gasteiger partial charge in [0.05, 0.1) is 11.0 Å². The van der Waals surface area contributed by atoms with E-state index in [0.717, 1.165) is 34.0 Å². The van der Waals surface area contributed by atoms with Gasteiger partial charge in [0, 0.05) is 21.9 Å². The number of benzene rings is 1. The fourth-order valence-corrected chi connectivity index (χ4v) is 4.89. The first-order valence-electron chi connectivity index (χ1n) is 9.74. The fraction of sp³-hybridized carbons (Fsp3) is 0.476. The molecule has 1 unspecified atom stereocenters. The zero-order valence-corrected chi connectivity index (χ0v) is 19.1. The molecule has 0 saturated carbocycles. The summed E-state index contributed by atoms with van der Waals surface area (Å²) in [6, 6.07) is 11.6. The molecule has 0 aliphatic heterocycles. The summed E-state index contributed by atoms with van der Waals surface area (Å²) in [6.07, 6.45) is 4.64. The Bertz CT molecular complexity index is 845. The van der Waals surface area contributed by atoms with Crippen molar-refractivity contribution in [3.63, 3.8) is 0 Å². The van der Waals surface area contributed by atoms with Crippen LogP contribution in [0.1, 0.15) is 59.1 Å². The summed E-state index contributed by atoms with van der Waals surface area (Å²) in [5.74, 6) is 0.161. The van der Waals surface area contributed by atoms with Crippen LogP contribution in [-0.2, 0) is 17.4 Å². The van der Waals surface area contributed by atoms with Crippen LogP contribution < -0.4 is 5.73 Å². The number of hydrogen-bond acceptors (Lipinski definition) is 4. The maximum absolute atomic E-state index is 12.4. The summed E-state index contributed by atoms with van der Waals surface area (Å²) >= 11 is 7.37. The second kappa shape index (κ2) is 10.9. The minimum Gasteiger partial charge on any atom is -0.325 e. The van der Waals surface area contributed by atoms with Gasteiger partial charge in [-0.05, 0) is 75.3 Å². The van der Waals surface area contributed by atoms with Crippen molar-refractivity contribution >= 4 is 36.3 Å². The molecule has 0 aliphatic carbocycles. The topological polar surface area (TPSA) is 101 Å². The van der Waals surface area contributed by atoms with Crippen LogP contribution in [0, 0.1) is 0 Å². The van der Waals surface area contributed by atoms with Crippen molar-refractivity contribution in [2.75, 3.05) is 6.16 Å². The van der Waals surface area contributed by atoms with Crippen molar-refractivity contribution in [1.82, 2.24) is 0 Å². The van der Waals surface area contributed by atoms with Gasteiger partial charge in [-0.25, -0.2) is 0 Å². The Kier molecular flexibility index (Phi) is 9.08. The molecule has 1 aromatic heterocycles. The number of Topliss-reactive ketones (excluding diaryl/α,β-unsaturated/α-hetero) is 1. The van der Waals surface area contributed by atoms with Gasteiger partial charge >= 0.3 is 7.60 Å². The minimum absolute atomic E-state index is 0.161. The highest BCUT2D eigenvalue weighted by Crippen LogP contribution is 2.37. The van der Waals surface area contributed by atoms with Crippen molar-refractivity contribution in [2.24, 2.45) is 5.73 Å². The van der Waals surface area contributed by atoms with E-state index in [1.54, 1.807) is 0 Å². The van der Waals surface area contributed by atoms with Gasteiger partial charge in [0.2, 0.25) is 0 Å². The smallest absolute Gasteiger partial charge is 0.325 e. The fourth-order valence-electron chi connectivity index (χ4n) is 2.99. The average molecular weight is 458 g/mol. The van der Waals surface area contributed by atoms with Gasteiger partial charge in [0.1, 0.15) is 0 Å². The lowest BCUT2D eigenvalue weighted by molar-refractivity contribution is 0.0983. The minimum atomic E-state index is -4.03. The molecule has 8 heteroatoms. The van der Waals surface area contributed by atoms with E-state index in [-0.39, 0.29) is 18.4 Å². The number of carbonyl (C=O) groups is 1. The molecule has 1 atom stereocenters. The lowest BCUT2D eigenvalue weighted by atomic mass is 9.94. The summed E-state index contributed by atoms with van der Waals surface area (Å²) < 4.78 is 11.0. The Morgan fingerprint density at radius 3 is 2.45 bits per heavy atom. The van der Waals surface area contributed by atoms with Crippen LogP contribution in [0.15, 0.2) is 36.4 Å². The van der Waals surface area contributed by atoms with Gasteiger partial charge in [-0.15, -0.1) is 11.3 Å². The van der Waals surface area contributed by atoms with E-state index in [2.05, 4.69) is 0 Å². The van der Waals surface area contributed by atoms with Crippen LogP contribution in [0.4, 0.5) is 0 Å². The Hall–Kier alpha value is -1.01. The van der Waals surface area contributed by atoms with E-state index in [1.807, 2.05) is 43.3 Å². The Balaban J connectivity index is 1.73. The zero-order valence-electron chi connectivity index (χ0n) is 16.6. The number of carbonyl (C=O) groups excluding carboxylic acids is 1. The van der Waals surface area contributed by atoms with Gasteiger partial charge in [-0.2, -0.15) is 0 Å². The first kappa shape index (κ1) is 24.3. The van der Waals surface area contributed by atoms with E-state index >= 15 is 0 Å². The molecule has 160 valence electrons. The molecule has 2 rings (SSSR count). The Labute approximate surface area is 181 Å². The largest absolute Gasteiger partial charge is 0.325 e. The number of rotatable bonds is 12. The summed E-state index contributed by atoms with van der Waals surface area (Å²) in [6.45, 7) is 1.81. The van der Waals surface area contributed by atoms with Crippen molar-refractivity contribution in [2.45, 2.75) is 57.4 Å². The van der Waals surface area contributed by atoms with Crippen molar-refractivity contribution in [1.29, 1.82) is 0 Å². The third-order valence-electron chi connectivity index (χ3n) is 4.89. The Morgan fingerprint density at radius 1 is 1.10 bits per heavy atom. The van der Waals surface area contributed by atoms with Crippen molar-refractivity contribution in [3.05, 3.63) is 56.7 Å². The molecule has 0 bridgehead atoms. The lowest BCUT2D eigenvalue weighted by Gasteiger charge is -2.24. The highest BCUT2D eigenvalue weighted by molar-refractivity contribution is 7.51. The predicted octanol–water partition coefficient (Wildman–Crippen LogP) is 5.22. The van der Waals surface area contributed by atoms with Gasteiger partial charge in [-0.3, -0.25) is 9.36 Å². The standard InChI is InChI=1S/C21H29ClNO4PS/c1-21(23,14-15-28(25,26)27)13-12-18-10-11-20(29-18)19(24)5-3-2-4-16-6-8-17(22)9-7-16/h6-11H,2-5,12-15,23H2,1H3,(H2,25,26,27). The molecule has 29 heavy (non-hydrogen) atoms. The van der Waals surface area contributed by atoms with E-state index in [9.17, 15) is 9.36 Å². The number of nitrogens with two attached hydrogens (primary N) is 1. The van der Waals surface area contributed by atoms with E-state index in [4.69, 9.17) is 27.1 Å².